The van der Waals surface area contributed by atoms with Gasteiger partial charge in [-0.25, -0.2) is 4.98 Å². The summed E-state index contributed by atoms with van der Waals surface area (Å²) < 4.78 is 38.9. The lowest BCUT2D eigenvalue weighted by molar-refractivity contribution is 0.174. The second-order valence-corrected chi connectivity index (χ2v) is 30.3. The molecule has 7 nitrogen and oxygen atoms in total. The van der Waals surface area contributed by atoms with Crippen LogP contribution in [-0.4, -0.2) is 23.1 Å². The molecular formula is C97H77BN2O5S3. The molecule has 526 valence electrons. The number of thiophene rings is 3. The maximum absolute atomic E-state index is 6.14. The molecule has 0 saturated heterocycles. The maximum Gasteiger partial charge on any atom is 0.260 e. The predicted octanol–water partition coefficient (Wildman–Crippen LogP) is 25.8. The molecule has 0 spiro atoms. The van der Waals surface area contributed by atoms with Crippen LogP contribution in [0.1, 0.15) is 39.1 Å². The summed E-state index contributed by atoms with van der Waals surface area (Å²) in [5.41, 5.74) is 14.6. The van der Waals surface area contributed by atoms with E-state index in [1.807, 2.05) is 158 Å². The lowest BCUT2D eigenvalue weighted by Gasteiger charge is -2.33. The average Bonchev–Trinajstić information content (AvgIpc) is 1.22. The van der Waals surface area contributed by atoms with Crippen molar-refractivity contribution in [3.05, 3.63) is 367 Å². The van der Waals surface area contributed by atoms with Crippen molar-refractivity contribution < 1.29 is 23.7 Å². The summed E-state index contributed by atoms with van der Waals surface area (Å²) in [6.07, 6.45) is 0. The molecule has 8 heterocycles. The molecule has 3 aliphatic rings. The molecule has 19 aromatic rings. The highest BCUT2D eigenvalue weighted by molar-refractivity contribution is 7.26. The summed E-state index contributed by atoms with van der Waals surface area (Å²) in [5, 5.41) is 10.9. The van der Waals surface area contributed by atoms with Gasteiger partial charge in [0.1, 0.15) is 40.3 Å². The van der Waals surface area contributed by atoms with E-state index < -0.39 is 0 Å². The third-order valence-corrected chi connectivity index (χ3v) is 23.1. The highest BCUT2D eigenvalue weighted by Crippen LogP contribution is 2.40. The van der Waals surface area contributed by atoms with Gasteiger partial charge < -0.3 is 23.7 Å². The van der Waals surface area contributed by atoms with Crippen LogP contribution in [0, 0.1) is 48.5 Å². The van der Waals surface area contributed by atoms with Crippen molar-refractivity contribution in [2.75, 3.05) is 6.79 Å². The fraction of sp³-hybridized carbons (Fsp3) is 0.0825. The van der Waals surface area contributed by atoms with Gasteiger partial charge in [0, 0.05) is 82.4 Å². The van der Waals surface area contributed by atoms with Gasteiger partial charge >= 0.3 is 0 Å². The van der Waals surface area contributed by atoms with Gasteiger partial charge in [-0.15, -0.1) is 34.0 Å². The van der Waals surface area contributed by atoms with E-state index >= 15 is 0 Å². The molecule has 0 radical (unpaired) electrons. The van der Waals surface area contributed by atoms with Crippen LogP contribution in [0.4, 0.5) is 0 Å². The number of fused-ring (bicyclic) bond motifs is 17. The van der Waals surface area contributed by atoms with Gasteiger partial charge in [0.15, 0.2) is 11.5 Å². The highest BCUT2D eigenvalue weighted by atomic mass is 32.1. The zero-order valence-electron chi connectivity index (χ0n) is 61.1. The lowest BCUT2D eigenvalue weighted by atomic mass is 9.35. The fourth-order valence-electron chi connectivity index (χ4n) is 14.3. The van der Waals surface area contributed by atoms with Crippen LogP contribution in [-0.2, 0) is 0 Å². The Balaban J connectivity index is 0.0000000974. The number of ether oxygens (including phenoxy) is 5. The number of nitrogens with zero attached hydrogens (tertiary/aromatic N) is 2. The largest absolute Gasteiger partial charge is 0.458 e. The quantitative estimate of drug-likeness (QED) is 0.164. The zero-order valence-corrected chi connectivity index (χ0v) is 63.6. The number of aryl methyl sites for hydroxylation is 7. The van der Waals surface area contributed by atoms with Crippen molar-refractivity contribution in [1.29, 1.82) is 0 Å². The molecule has 0 aliphatic carbocycles. The van der Waals surface area contributed by atoms with E-state index in [0.717, 1.165) is 74.1 Å². The van der Waals surface area contributed by atoms with Crippen molar-refractivity contribution >= 4 is 139 Å². The van der Waals surface area contributed by atoms with Gasteiger partial charge in [-0.3, -0.25) is 4.57 Å². The van der Waals surface area contributed by atoms with Crippen LogP contribution in [0.2, 0.25) is 0 Å². The topological polar surface area (TPSA) is 64.0 Å². The van der Waals surface area contributed by atoms with Gasteiger partial charge in [-0.1, -0.05) is 218 Å². The molecule has 0 unspecified atom stereocenters. The molecule has 108 heavy (non-hydrogen) atoms. The van der Waals surface area contributed by atoms with E-state index in [0.29, 0.717) is 6.79 Å². The minimum absolute atomic E-state index is 0.181. The fourth-order valence-corrected chi connectivity index (χ4v) is 17.8. The van der Waals surface area contributed by atoms with Crippen LogP contribution < -0.4 is 40.1 Å². The molecule has 22 rings (SSSR count). The number of hydrogen-bond acceptors (Lipinski definition) is 9. The molecule has 0 fully saturated rings. The van der Waals surface area contributed by atoms with Gasteiger partial charge in [0.05, 0.1) is 11.0 Å². The number of rotatable bonds is 3. The molecule has 3 aliphatic heterocycles. The maximum atomic E-state index is 6.14. The molecular weight excluding hydrogens is 1380 g/mol. The first-order valence-electron chi connectivity index (χ1n) is 36.3. The van der Waals surface area contributed by atoms with Gasteiger partial charge in [0.2, 0.25) is 6.79 Å². The summed E-state index contributed by atoms with van der Waals surface area (Å²) in [4.78, 5) is 4.68. The Morgan fingerprint density at radius 2 is 0.815 bits per heavy atom. The predicted molar refractivity (Wildman–Crippen MR) is 459 cm³/mol. The SMILES string of the molecule is Cc1cc2c3c(c1)Oc1ccccc1B3c1ccccc1O2.Cc1ccc2c(c1)OCO2.Cc1ccc2sc3ccccc3c2c1.Cc1cccc(-n2c3ccccc3c3ccccc32)n1.Cc1cccc2c1sc1ccccc12.Cc1cccc2sc3ccccc3c12.Cc1ccccc1Oc1ccccc1. The van der Waals surface area contributed by atoms with E-state index in [4.69, 9.17) is 23.7 Å². The standard InChI is InChI=1S/C19H13BO2.C18H14N2.C13H12O.3C13H10S.C8H8O2/c1-12-10-17-19-18(11-12)22-16-9-5-3-7-14(16)20(19)13-6-2-4-8-15(13)21-17;1-13-7-6-12-18(19-13)20-16-10-4-2-8-14(16)15-9-3-5-11-17(15)20;1-11-7-5-6-10-13(11)14-12-8-3-2-4-9-12;1-9-5-4-7-11-10-6-2-3-8-12(10)14-13(9)11;1-9-5-4-8-12-13(9)10-6-2-3-7-11(10)14-12;1-9-6-7-13-11(8-9)10-4-2-3-5-12(10)14-13;1-6-2-3-7-8(4-6)10-5-9-7/h2-11H,1H3;2-12H,1H3;2-10H,1H3;3*2-8H,1H3;2-4H,5H2,1H3. The minimum atomic E-state index is 0.181. The van der Waals surface area contributed by atoms with E-state index in [9.17, 15) is 0 Å². The summed E-state index contributed by atoms with van der Waals surface area (Å²) in [7, 11) is 0. The van der Waals surface area contributed by atoms with Crippen LogP contribution in [0.3, 0.4) is 0 Å². The third kappa shape index (κ3) is 14.8. The molecule has 0 saturated carbocycles. The first-order chi connectivity index (χ1) is 52.9. The smallest absolute Gasteiger partial charge is 0.260 e. The molecule has 0 atom stereocenters. The Morgan fingerprint density at radius 1 is 0.333 bits per heavy atom. The Labute approximate surface area is 641 Å². The lowest BCUT2D eigenvalue weighted by Crippen LogP contribution is -2.57. The van der Waals surface area contributed by atoms with E-state index in [2.05, 4.69) is 262 Å². The number of benzene rings is 14. The van der Waals surface area contributed by atoms with Crippen LogP contribution >= 0.6 is 34.0 Å². The molecule has 5 aromatic heterocycles. The van der Waals surface area contributed by atoms with Crippen LogP contribution in [0.5, 0.6) is 46.0 Å². The van der Waals surface area contributed by atoms with Crippen molar-refractivity contribution in [3.63, 3.8) is 0 Å². The first kappa shape index (κ1) is 70.1. The Kier molecular flexibility index (Phi) is 20.4. The number of hydrogen-bond donors (Lipinski definition) is 0. The van der Waals surface area contributed by atoms with Crippen LogP contribution in [0.15, 0.2) is 328 Å². The number of para-hydroxylation sites is 6. The summed E-state index contributed by atoms with van der Waals surface area (Å²) in [6, 6.07) is 113. The average molecular weight is 1460 g/mol. The van der Waals surface area contributed by atoms with Crippen LogP contribution in [0.25, 0.3) is 88.1 Å². The second-order valence-electron chi connectivity index (χ2n) is 27.1. The minimum Gasteiger partial charge on any atom is -0.458 e. The molecule has 0 amide bonds. The molecule has 11 heteroatoms. The van der Waals surface area contributed by atoms with Crippen molar-refractivity contribution in [1.82, 2.24) is 9.55 Å². The van der Waals surface area contributed by atoms with Gasteiger partial charge in [-0.2, -0.15) is 0 Å². The zero-order chi connectivity index (χ0) is 73.6. The monoisotopic (exact) mass is 1460 g/mol. The Morgan fingerprint density at radius 3 is 1.50 bits per heavy atom. The normalized spacial score (nSPS) is 11.7. The van der Waals surface area contributed by atoms with Crippen molar-refractivity contribution in [2.24, 2.45) is 0 Å². The summed E-state index contributed by atoms with van der Waals surface area (Å²) >= 11 is 5.63. The summed E-state index contributed by atoms with van der Waals surface area (Å²) in [5.74, 6) is 8.18. The van der Waals surface area contributed by atoms with Crippen molar-refractivity contribution in [2.45, 2.75) is 48.5 Å². The van der Waals surface area contributed by atoms with Crippen molar-refractivity contribution in [3.8, 4) is 51.8 Å². The van der Waals surface area contributed by atoms with Gasteiger partial charge in [0.25, 0.3) is 6.71 Å². The Hall–Kier alpha value is -12.2. The number of aromatic nitrogens is 2. The molecule has 14 aromatic carbocycles. The highest BCUT2D eigenvalue weighted by Gasteiger charge is 2.40. The van der Waals surface area contributed by atoms with E-state index in [1.54, 1.807) is 0 Å². The number of pyridine rings is 1. The van der Waals surface area contributed by atoms with Gasteiger partial charge in [-0.05, 0) is 202 Å². The third-order valence-electron chi connectivity index (χ3n) is 19.5. The van der Waals surface area contributed by atoms with E-state index in [-0.39, 0.29) is 6.71 Å². The Bertz CT molecular complexity index is 6330. The summed E-state index contributed by atoms with van der Waals surface area (Å²) in [6.45, 7) is 15.2. The first-order valence-corrected chi connectivity index (χ1v) is 38.8. The molecule has 0 N–H and O–H groups in total. The van der Waals surface area contributed by atoms with E-state index in [1.165, 1.54) is 116 Å². The molecule has 0 bridgehead atoms. The second kappa shape index (κ2) is 31.4.